The lowest BCUT2D eigenvalue weighted by molar-refractivity contribution is -0.343. The summed E-state index contributed by atoms with van der Waals surface area (Å²) < 4.78 is 195. The van der Waals surface area contributed by atoms with Gasteiger partial charge in [0.2, 0.25) is 0 Å². The fourth-order valence-electron chi connectivity index (χ4n) is 1.12. The largest absolute Gasteiger partial charge is 0.438 e. The fraction of sp³-hybridized carbons (Fsp3) is 0.750. The Bertz CT molecular complexity index is 420. The molecule has 0 heterocycles. The van der Waals surface area contributed by atoms with Crippen molar-refractivity contribution in [1.82, 2.24) is 0 Å². The molecule has 0 aliphatic heterocycles. The van der Waals surface area contributed by atoms with Crippen LogP contribution in [0.15, 0.2) is 11.7 Å². The number of halogens is 16. The minimum atomic E-state index is -7.65. The van der Waals surface area contributed by atoms with Crippen molar-refractivity contribution in [2.75, 3.05) is 0 Å². The number of hydrogen-bond donors (Lipinski definition) is 0. The first-order valence-corrected chi connectivity index (χ1v) is 4.77. The van der Waals surface area contributed by atoms with Crippen LogP contribution in [0.1, 0.15) is 0 Å². The summed E-state index contributed by atoms with van der Waals surface area (Å²) in [5, 5.41) is 0. The van der Waals surface area contributed by atoms with Crippen LogP contribution >= 0.6 is 0 Å². The van der Waals surface area contributed by atoms with Crippen LogP contribution in [0.5, 0.6) is 0 Å². The lowest BCUT2D eigenvalue weighted by Crippen LogP contribution is -2.58. The van der Waals surface area contributed by atoms with Crippen LogP contribution in [-0.4, -0.2) is 36.0 Å². The van der Waals surface area contributed by atoms with Crippen molar-refractivity contribution in [1.29, 1.82) is 0 Å². The zero-order valence-corrected chi connectivity index (χ0v) is 10.0. The molecule has 0 aromatic carbocycles. The molecule has 144 valence electrons. The smallest absolute Gasteiger partial charge is 0.215 e. The van der Waals surface area contributed by atoms with Crippen molar-refractivity contribution in [3.05, 3.63) is 11.7 Å². The molecule has 0 rings (SSSR count). The molecule has 0 amide bonds. The highest BCUT2D eigenvalue weighted by Gasteiger charge is 2.81. The Balaban J connectivity index is 6.92. The highest BCUT2D eigenvalue weighted by atomic mass is 19.4. The highest BCUT2D eigenvalue weighted by molar-refractivity contribution is 5.29. The van der Waals surface area contributed by atoms with Gasteiger partial charge in [0.15, 0.2) is 11.7 Å². The van der Waals surface area contributed by atoms with E-state index in [1.165, 1.54) is 0 Å². The molecule has 0 saturated carbocycles. The van der Waals surface area contributed by atoms with E-state index < -0.39 is 47.7 Å². The van der Waals surface area contributed by atoms with E-state index in [0.29, 0.717) is 0 Å². The first kappa shape index (κ1) is 22.6. The van der Waals surface area contributed by atoms with Crippen LogP contribution < -0.4 is 0 Å². The SMILES string of the molecule is F/C(=C(/F)C(F)(C(F)(F)F)C(F)(F)F)C(F)(C(F)(F)F)C(F)(F)F. The van der Waals surface area contributed by atoms with Gasteiger partial charge >= 0.3 is 36.0 Å². The third kappa shape index (κ3) is 3.10. The molecule has 0 atom stereocenters. The Hall–Kier alpha value is -1.38. The summed E-state index contributed by atoms with van der Waals surface area (Å²) in [4.78, 5) is 0. The van der Waals surface area contributed by atoms with Gasteiger partial charge in [-0.1, -0.05) is 0 Å². The third-order valence-electron chi connectivity index (χ3n) is 2.36. The maximum absolute atomic E-state index is 12.9. The van der Waals surface area contributed by atoms with Crippen LogP contribution in [0, 0.1) is 0 Å². The van der Waals surface area contributed by atoms with Gasteiger partial charge in [0.1, 0.15) is 0 Å². The molecule has 0 bridgehead atoms. The molecule has 0 aliphatic carbocycles. The summed E-state index contributed by atoms with van der Waals surface area (Å²) in [6.07, 6.45) is -30.4. The lowest BCUT2D eigenvalue weighted by Gasteiger charge is -2.32. The van der Waals surface area contributed by atoms with Crippen LogP contribution in [0.25, 0.3) is 0 Å². The average Bonchev–Trinajstić information content (AvgIpc) is 2.29. The predicted molar refractivity (Wildman–Crippen MR) is 41.1 cm³/mol. The minimum absolute atomic E-state index is 5.32. The van der Waals surface area contributed by atoms with Crippen molar-refractivity contribution >= 4 is 0 Å². The van der Waals surface area contributed by atoms with E-state index in [9.17, 15) is 70.2 Å². The van der Waals surface area contributed by atoms with Crippen LogP contribution in [-0.2, 0) is 0 Å². The summed E-state index contributed by atoms with van der Waals surface area (Å²) in [5.41, 5.74) is -15.3. The van der Waals surface area contributed by atoms with E-state index in [0.717, 1.165) is 0 Å². The van der Waals surface area contributed by atoms with Gasteiger partial charge in [-0.25, -0.2) is 17.6 Å². The number of allylic oxidation sites excluding steroid dienone is 2. The van der Waals surface area contributed by atoms with Crippen molar-refractivity contribution in [3.63, 3.8) is 0 Å². The molecule has 0 fully saturated rings. The van der Waals surface area contributed by atoms with E-state index >= 15 is 0 Å². The minimum Gasteiger partial charge on any atom is -0.215 e. The Labute approximate surface area is 119 Å². The Morgan fingerprint density at radius 3 is 0.542 bits per heavy atom. The Morgan fingerprint density at radius 2 is 0.458 bits per heavy atom. The molecule has 0 aliphatic rings. The molecule has 0 aromatic rings. The van der Waals surface area contributed by atoms with Gasteiger partial charge in [-0.2, -0.15) is 52.7 Å². The molecule has 24 heavy (non-hydrogen) atoms. The van der Waals surface area contributed by atoms with E-state index in [2.05, 4.69) is 0 Å². The van der Waals surface area contributed by atoms with Gasteiger partial charge in [0.05, 0.1) is 0 Å². The fourth-order valence-corrected chi connectivity index (χ4v) is 1.12. The Kier molecular flexibility index (Phi) is 5.25. The van der Waals surface area contributed by atoms with Crippen molar-refractivity contribution in [3.8, 4) is 0 Å². The number of rotatable bonds is 2. The average molecular weight is 400 g/mol. The molecule has 0 nitrogen and oxygen atoms in total. The first-order valence-electron chi connectivity index (χ1n) is 4.77. The summed E-state index contributed by atoms with van der Waals surface area (Å²) in [5.74, 6) is -10.6. The van der Waals surface area contributed by atoms with E-state index in [1.807, 2.05) is 0 Å². The van der Waals surface area contributed by atoms with E-state index in [4.69, 9.17) is 0 Å². The normalized spacial score (nSPS) is 17.0. The van der Waals surface area contributed by atoms with Crippen molar-refractivity contribution in [2.45, 2.75) is 36.0 Å². The maximum Gasteiger partial charge on any atom is 0.438 e. The molecule has 0 radical (unpaired) electrons. The van der Waals surface area contributed by atoms with Gasteiger partial charge in [-0.05, 0) is 0 Å². The van der Waals surface area contributed by atoms with Crippen LogP contribution in [0.3, 0.4) is 0 Å². The second-order valence-electron chi connectivity index (χ2n) is 3.94. The summed E-state index contributed by atoms with van der Waals surface area (Å²) in [6.45, 7) is 0. The van der Waals surface area contributed by atoms with E-state index in [1.54, 1.807) is 0 Å². The third-order valence-corrected chi connectivity index (χ3v) is 2.36. The summed E-state index contributed by atoms with van der Waals surface area (Å²) in [6, 6.07) is 0. The van der Waals surface area contributed by atoms with Gasteiger partial charge in [0.25, 0.3) is 0 Å². The topological polar surface area (TPSA) is 0 Å². The Morgan fingerprint density at radius 1 is 0.333 bits per heavy atom. The monoisotopic (exact) mass is 400 g/mol. The second kappa shape index (κ2) is 5.57. The summed E-state index contributed by atoms with van der Waals surface area (Å²) in [7, 11) is 0. The molecular weight excluding hydrogens is 400 g/mol. The molecule has 16 heteroatoms. The maximum atomic E-state index is 12.9. The van der Waals surface area contributed by atoms with Crippen LogP contribution in [0.4, 0.5) is 70.2 Å². The van der Waals surface area contributed by atoms with Crippen molar-refractivity contribution in [2.24, 2.45) is 0 Å². The van der Waals surface area contributed by atoms with E-state index in [-0.39, 0.29) is 0 Å². The lowest BCUT2D eigenvalue weighted by atomic mass is 9.95. The molecule has 0 unspecified atom stereocenters. The molecule has 0 aromatic heterocycles. The molecule has 0 N–H and O–H groups in total. The van der Waals surface area contributed by atoms with Gasteiger partial charge in [-0.3, -0.25) is 0 Å². The van der Waals surface area contributed by atoms with Crippen LogP contribution in [0.2, 0.25) is 0 Å². The zero-order chi connectivity index (χ0) is 20.2. The number of hydrogen-bond acceptors (Lipinski definition) is 0. The number of alkyl halides is 14. The second-order valence-corrected chi connectivity index (χ2v) is 3.94. The molecule has 0 saturated heterocycles. The van der Waals surface area contributed by atoms with Gasteiger partial charge < -0.3 is 0 Å². The van der Waals surface area contributed by atoms with Gasteiger partial charge in [0, 0.05) is 0 Å². The highest BCUT2D eigenvalue weighted by Crippen LogP contribution is 2.57. The summed E-state index contributed by atoms with van der Waals surface area (Å²) >= 11 is 0. The molecule has 0 spiro atoms. The van der Waals surface area contributed by atoms with Crippen molar-refractivity contribution < 1.29 is 70.2 Å². The zero-order valence-electron chi connectivity index (χ0n) is 10.0. The standard InChI is InChI=1S/C8F16/c9-1(3(11,5(13,14)15)6(16,17)18)2(10)4(12,7(19,20)21)8(22,23)24/b2-1+. The quantitative estimate of drug-likeness (QED) is 0.514. The predicted octanol–water partition coefficient (Wildman–Crippen LogP) is 5.80. The molecular formula is C8F16. The van der Waals surface area contributed by atoms with Gasteiger partial charge in [-0.15, -0.1) is 0 Å². The first-order chi connectivity index (χ1) is 10.1.